The summed E-state index contributed by atoms with van der Waals surface area (Å²) in [5.41, 5.74) is 0.755. The van der Waals surface area contributed by atoms with Crippen molar-refractivity contribution in [2.75, 3.05) is 26.8 Å². The zero-order chi connectivity index (χ0) is 20.9. The van der Waals surface area contributed by atoms with E-state index in [1.165, 1.54) is 0 Å². The highest BCUT2D eigenvalue weighted by atomic mass is 16.5. The number of hydrogen-bond donors (Lipinski definition) is 1. The van der Waals surface area contributed by atoms with Crippen LogP contribution >= 0.6 is 0 Å². The minimum atomic E-state index is -0.248. The molecular formula is C22H27N3O5. The minimum Gasteiger partial charge on any atom is -0.497 e. The number of amides is 2. The number of rotatable bonds is 9. The molecule has 1 N–H and O–H groups in total. The van der Waals surface area contributed by atoms with E-state index in [1.54, 1.807) is 42.3 Å². The van der Waals surface area contributed by atoms with Crippen LogP contribution < -0.4 is 10.1 Å². The van der Waals surface area contributed by atoms with E-state index in [1.807, 2.05) is 0 Å². The van der Waals surface area contributed by atoms with Crippen LogP contribution in [-0.4, -0.2) is 54.8 Å². The third kappa shape index (κ3) is 5.18. The van der Waals surface area contributed by atoms with Gasteiger partial charge in [0.15, 0.2) is 11.5 Å². The molecule has 4 rings (SSSR count). The van der Waals surface area contributed by atoms with Gasteiger partial charge in [-0.15, -0.1) is 0 Å². The molecule has 2 amide bonds. The van der Waals surface area contributed by atoms with E-state index in [-0.39, 0.29) is 30.2 Å². The van der Waals surface area contributed by atoms with Gasteiger partial charge >= 0.3 is 0 Å². The molecule has 2 fully saturated rings. The van der Waals surface area contributed by atoms with Gasteiger partial charge in [0, 0.05) is 31.3 Å². The molecule has 2 aromatic rings. The maximum absolute atomic E-state index is 13.2. The van der Waals surface area contributed by atoms with E-state index in [0.29, 0.717) is 42.7 Å². The van der Waals surface area contributed by atoms with Gasteiger partial charge in [0.1, 0.15) is 5.75 Å². The van der Waals surface area contributed by atoms with Gasteiger partial charge < -0.3 is 24.2 Å². The van der Waals surface area contributed by atoms with Crippen molar-refractivity contribution in [3.05, 3.63) is 47.3 Å². The first kappa shape index (κ1) is 20.4. The van der Waals surface area contributed by atoms with E-state index in [9.17, 15) is 9.59 Å². The summed E-state index contributed by atoms with van der Waals surface area (Å²) in [6.45, 7) is 2.03. The lowest BCUT2D eigenvalue weighted by Crippen LogP contribution is -2.36. The molecule has 30 heavy (non-hydrogen) atoms. The van der Waals surface area contributed by atoms with Gasteiger partial charge in [-0.2, -0.15) is 0 Å². The minimum absolute atomic E-state index is 0.0104. The van der Waals surface area contributed by atoms with Crippen LogP contribution in [0.3, 0.4) is 0 Å². The van der Waals surface area contributed by atoms with E-state index in [4.69, 9.17) is 14.0 Å². The molecule has 0 radical (unpaired) electrons. The van der Waals surface area contributed by atoms with Crippen molar-refractivity contribution in [3.8, 4) is 5.75 Å². The van der Waals surface area contributed by atoms with Gasteiger partial charge in [-0.25, -0.2) is 0 Å². The average Bonchev–Trinajstić information content (AvgIpc) is 3.23. The number of nitrogens with zero attached hydrogens (tertiary/aromatic N) is 2. The molecule has 1 saturated carbocycles. The number of hydrogen-bond acceptors (Lipinski definition) is 6. The quantitative estimate of drug-likeness (QED) is 0.679. The summed E-state index contributed by atoms with van der Waals surface area (Å²) in [5, 5.41) is 6.75. The molecule has 8 heteroatoms. The third-order valence-corrected chi connectivity index (χ3v) is 5.44. The largest absolute Gasteiger partial charge is 0.497 e. The topological polar surface area (TPSA) is 93.9 Å². The number of carbonyl (C=O) groups is 2. The maximum atomic E-state index is 13.2. The highest BCUT2D eigenvalue weighted by molar-refractivity contribution is 5.95. The van der Waals surface area contributed by atoms with Gasteiger partial charge in [-0.3, -0.25) is 9.59 Å². The molecule has 8 nitrogen and oxygen atoms in total. The fourth-order valence-corrected chi connectivity index (χ4v) is 3.52. The molecule has 1 aromatic heterocycles. The van der Waals surface area contributed by atoms with Crippen molar-refractivity contribution >= 4 is 11.8 Å². The first-order valence-corrected chi connectivity index (χ1v) is 10.4. The summed E-state index contributed by atoms with van der Waals surface area (Å²) >= 11 is 0. The molecule has 2 heterocycles. The summed E-state index contributed by atoms with van der Waals surface area (Å²) in [6, 6.07) is 8.65. The van der Waals surface area contributed by atoms with Crippen molar-refractivity contribution in [2.24, 2.45) is 5.92 Å². The van der Waals surface area contributed by atoms with Crippen LogP contribution in [0, 0.1) is 5.92 Å². The molecule has 2 aliphatic rings. The Morgan fingerprint density at radius 2 is 2.13 bits per heavy atom. The second-order valence-electron chi connectivity index (χ2n) is 7.88. The number of nitrogens with one attached hydrogen (secondary N) is 1. The summed E-state index contributed by atoms with van der Waals surface area (Å²) < 4.78 is 16.3. The fraction of sp³-hybridized carbons (Fsp3) is 0.500. The number of ether oxygens (including phenoxy) is 2. The van der Waals surface area contributed by atoms with Crippen LogP contribution in [0.1, 0.15) is 52.3 Å². The second-order valence-corrected chi connectivity index (χ2v) is 7.88. The zero-order valence-electron chi connectivity index (χ0n) is 17.1. The normalized spacial score (nSPS) is 18.2. The molecule has 1 saturated heterocycles. The van der Waals surface area contributed by atoms with E-state index in [0.717, 1.165) is 25.7 Å². The second kappa shape index (κ2) is 9.30. The SMILES string of the molecule is COc1cccc(C(=O)N(Cc2cc(C(=O)NCC3CC3)no2)CC2CCCO2)c1. The molecule has 160 valence electrons. The van der Waals surface area contributed by atoms with Crippen LogP contribution in [0.2, 0.25) is 0 Å². The molecule has 0 bridgehead atoms. The van der Waals surface area contributed by atoms with Crippen LogP contribution in [0.4, 0.5) is 0 Å². The lowest BCUT2D eigenvalue weighted by molar-refractivity contribution is 0.0486. The van der Waals surface area contributed by atoms with Crippen molar-refractivity contribution in [1.29, 1.82) is 0 Å². The van der Waals surface area contributed by atoms with Crippen LogP contribution in [0.15, 0.2) is 34.9 Å². The number of aromatic nitrogens is 1. The molecule has 1 atom stereocenters. The Labute approximate surface area is 175 Å². The van der Waals surface area contributed by atoms with E-state index in [2.05, 4.69) is 10.5 Å². The van der Waals surface area contributed by atoms with E-state index < -0.39 is 0 Å². The Balaban J connectivity index is 1.46. The average molecular weight is 413 g/mol. The molecule has 1 aromatic carbocycles. The molecular weight excluding hydrogens is 386 g/mol. The van der Waals surface area contributed by atoms with Gasteiger partial charge in [-0.1, -0.05) is 11.2 Å². The fourth-order valence-electron chi connectivity index (χ4n) is 3.52. The Hall–Kier alpha value is -2.87. The lowest BCUT2D eigenvalue weighted by atomic mass is 10.1. The number of benzene rings is 1. The van der Waals surface area contributed by atoms with Gasteiger partial charge in [0.25, 0.3) is 11.8 Å². The Bertz CT molecular complexity index is 886. The van der Waals surface area contributed by atoms with Gasteiger partial charge in [-0.05, 0) is 49.8 Å². The first-order chi connectivity index (χ1) is 14.6. The van der Waals surface area contributed by atoms with Gasteiger partial charge in [0.05, 0.1) is 19.8 Å². The molecule has 1 unspecified atom stereocenters. The van der Waals surface area contributed by atoms with Crippen LogP contribution in [0.25, 0.3) is 0 Å². The van der Waals surface area contributed by atoms with Crippen LogP contribution in [-0.2, 0) is 11.3 Å². The zero-order valence-corrected chi connectivity index (χ0v) is 17.1. The molecule has 1 aliphatic heterocycles. The Kier molecular flexibility index (Phi) is 6.32. The van der Waals surface area contributed by atoms with Crippen LogP contribution in [0.5, 0.6) is 5.75 Å². The van der Waals surface area contributed by atoms with Crippen molar-refractivity contribution in [1.82, 2.24) is 15.4 Å². The molecule has 1 aliphatic carbocycles. The third-order valence-electron chi connectivity index (χ3n) is 5.44. The number of methoxy groups -OCH3 is 1. The van der Waals surface area contributed by atoms with Crippen molar-refractivity contribution in [2.45, 2.75) is 38.3 Å². The first-order valence-electron chi connectivity index (χ1n) is 10.4. The van der Waals surface area contributed by atoms with E-state index >= 15 is 0 Å². The summed E-state index contributed by atoms with van der Waals surface area (Å²) in [6.07, 6.45) is 4.21. The highest BCUT2D eigenvalue weighted by Gasteiger charge is 2.26. The summed E-state index contributed by atoms with van der Waals surface area (Å²) in [5.74, 6) is 1.26. The predicted molar refractivity (Wildman–Crippen MR) is 108 cm³/mol. The summed E-state index contributed by atoms with van der Waals surface area (Å²) in [4.78, 5) is 27.1. The highest BCUT2D eigenvalue weighted by Crippen LogP contribution is 2.27. The monoisotopic (exact) mass is 413 g/mol. The van der Waals surface area contributed by atoms with Crippen molar-refractivity contribution in [3.63, 3.8) is 0 Å². The Morgan fingerprint density at radius 1 is 1.27 bits per heavy atom. The smallest absolute Gasteiger partial charge is 0.273 e. The maximum Gasteiger partial charge on any atom is 0.273 e. The van der Waals surface area contributed by atoms with Gasteiger partial charge in [0.2, 0.25) is 0 Å². The number of carbonyl (C=O) groups excluding carboxylic acids is 2. The Morgan fingerprint density at radius 3 is 2.87 bits per heavy atom. The van der Waals surface area contributed by atoms with Crippen molar-refractivity contribution < 1.29 is 23.6 Å². The standard InChI is InChI=1S/C22H27N3O5/c1-28-17-5-2-4-16(10-17)22(27)25(13-18-6-3-9-29-18)14-19-11-20(24-30-19)21(26)23-12-15-7-8-15/h2,4-5,10-11,15,18H,3,6-9,12-14H2,1H3,(H,23,26). The molecule has 0 spiro atoms. The lowest BCUT2D eigenvalue weighted by Gasteiger charge is -2.24. The summed E-state index contributed by atoms with van der Waals surface area (Å²) in [7, 11) is 1.57. The predicted octanol–water partition coefficient (Wildman–Crippen LogP) is 2.64.